The van der Waals surface area contributed by atoms with Crippen LogP contribution in [0.1, 0.15) is 26.3 Å². The molecule has 4 heteroatoms. The fraction of sp³-hybridized carbons (Fsp3) is 0.0556. The van der Waals surface area contributed by atoms with Crippen molar-refractivity contribution in [2.45, 2.75) is 0 Å². The molecule has 0 amide bonds. The van der Waals surface area contributed by atoms with Crippen LogP contribution < -0.4 is 0 Å². The number of carbonyl (C=O) groups excluding carboxylic acids is 3. The minimum atomic E-state index is -1.31. The first-order valence-corrected chi connectivity index (χ1v) is 6.77. The molecular weight excluding hydrogens is 280 g/mol. The molecular formula is C18H12O4. The Morgan fingerprint density at radius 1 is 0.909 bits per heavy atom. The van der Waals surface area contributed by atoms with E-state index in [0.717, 1.165) is 0 Å². The summed E-state index contributed by atoms with van der Waals surface area (Å²) >= 11 is 0. The fourth-order valence-corrected chi connectivity index (χ4v) is 2.50. The van der Waals surface area contributed by atoms with Gasteiger partial charge in [-0.15, -0.1) is 0 Å². The summed E-state index contributed by atoms with van der Waals surface area (Å²) in [7, 11) is 0. The molecule has 0 atom stereocenters. The smallest absolute Gasteiger partial charge is 0.182 e. The second-order valence-corrected chi connectivity index (χ2v) is 5.00. The maximum Gasteiger partial charge on any atom is 0.182 e. The zero-order valence-corrected chi connectivity index (χ0v) is 11.5. The van der Waals surface area contributed by atoms with Gasteiger partial charge in [0, 0.05) is 16.7 Å². The van der Waals surface area contributed by atoms with E-state index in [0.29, 0.717) is 16.7 Å². The minimum absolute atomic E-state index is 0.0268. The second-order valence-electron chi connectivity index (χ2n) is 5.00. The van der Waals surface area contributed by atoms with Crippen LogP contribution in [0.4, 0.5) is 0 Å². The molecule has 1 aliphatic carbocycles. The van der Waals surface area contributed by atoms with Gasteiger partial charge in [-0.25, -0.2) is 0 Å². The Hall–Kier alpha value is -3.01. The molecule has 0 unspecified atom stereocenters. The lowest BCUT2D eigenvalue weighted by atomic mass is 9.97. The number of hydrogen-bond acceptors (Lipinski definition) is 4. The third kappa shape index (κ3) is 2.24. The highest BCUT2D eigenvalue weighted by atomic mass is 16.3. The van der Waals surface area contributed by atoms with Crippen LogP contribution in [0.2, 0.25) is 0 Å². The van der Waals surface area contributed by atoms with Gasteiger partial charge in [0.15, 0.2) is 17.3 Å². The number of allylic oxidation sites excluding steroid dienone is 1. The van der Waals surface area contributed by atoms with E-state index in [2.05, 4.69) is 0 Å². The largest absolute Gasteiger partial charge is 0.507 e. The Morgan fingerprint density at radius 3 is 2.05 bits per heavy atom. The maximum atomic E-state index is 12.2. The number of aromatic hydroxyl groups is 1. The van der Waals surface area contributed by atoms with Gasteiger partial charge >= 0.3 is 0 Å². The van der Waals surface area contributed by atoms with Crippen LogP contribution in [0.25, 0.3) is 6.08 Å². The van der Waals surface area contributed by atoms with Crippen molar-refractivity contribution >= 4 is 23.4 Å². The number of fused-ring (bicyclic) bond motifs is 1. The van der Waals surface area contributed by atoms with Gasteiger partial charge in [-0.05, 0) is 18.2 Å². The van der Waals surface area contributed by atoms with Crippen molar-refractivity contribution in [1.29, 1.82) is 0 Å². The first-order chi connectivity index (χ1) is 10.6. The van der Waals surface area contributed by atoms with E-state index in [1.54, 1.807) is 42.5 Å². The summed E-state index contributed by atoms with van der Waals surface area (Å²) in [5.41, 5.74) is 1.04. The Balaban J connectivity index is 1.87. The summed E-state index contributed by atoms with van der Waals surface area (Å²) in [5.74, 6) is -2.78. The van der Waals surface area contributed by atoms with Crippen LogP contribution in [0.15, 0.2) is 54.6 Å². The van der Waals surface area contributed by atoms with Gasteiger partial charge in [-0.2, -0.15) is 0 Å². The van der Waals surface area contributed by atoms with Crippen LogP contribution in [0.5, 0.6) is 5.75 Å². The van der Waals surface area contributed by atoms with Crippen LogP contribution in [-0.4, -0.2) is 22.5 Å². The van der Waals surface area contributed by atoms with Crippen molar-refractivity contribution in [2.75, 3.05) is 0 Å². The van der Waals surface area contributed by atoms with Crippen LogP contribution in [0.3, 0.4) is 0 Å². The fourth-order valence-electron chi connectivity index (χ4n) is 2.50. The normalized spacial score (nSPS) is 14.5. The molecule has 1 N–H and O–H groups in total. The van der Waals surface area contributed by atoms with Crippen molar-refractivity contribution in [3.63, 3.8) is 0 Å². The third-order valence-electron chi connectivity index (χ3n) is 3.63. The van der Waals surface area contributed by atoms with Crippen LogP contribution >= 0.6 is 0 Å². The zero-order valence-electron chi connectivity index (χ0n) is 11.5. The summed E-state index contributed by atoms with van der Waals surface area (Å²) in [4.78, 5) is 36.6. The number of ketones is 3. The molecule has 2 aromatic rings. The van der Waals surface area contributed by atoms with Gasteiger partial charge in [0.25, 0.3) is 0 Å². The van der Waals surface area contributed by atoms with Crippen molar-refractivity contribution in [1.82, 2.24) is 0 Å². The number of phenolic OH excluding ortho intramolecular Hbond substituents is 1. The van der Waals surface area contributed by atoms with Gasteiger partial charge in [-0.3, -0.25) is 14.4 Å². The molecule has 2 aromatic carbocycles. The summed E-state index contributed by atoms with van der Waals surface area (Å²) in [6.45, 7) is 0. The second kappa shape index (κ2) is 5.41. The molecule has 4 nitrogen and oxygen atoms in total. The quantitative estimate of drug-likeness (QED) is 0.697. The lowest BCUT2D eigenvalue weighted by Crippen LogP contribution is -2.23. The number of rotatable bonds is 3. The van der Waals surface area contributed by atoms with Crippen LogP contribution in [0, 0.1) is 5.92 Å². The Morgan fingerprint density at radius 2 is 1.45 bits per heavy atom. The molecule has 0 bridgehead atoms. The summed E-state index contributed by atoms with van der Waals surface area (Å²) in [6.07, 6.45) is 2.57. The molecule has 0 fully saturated rings. The van der Waals surface area contributed by atoms with Gasteiger partial charge in [0.05, 0.1) is 0 Å². The molecule has 0 radical (unpaired) electrons. The summed E-state index contributed by atoms with van der Waals surface area (Å²) < 4.78 is 0. The van der Waals surface area contributed by atoms with Crippen molar-refractivity contribution in [3.05, 3.63) is 71.3 Å². The molecule has 0 saturated carbocycles. The number of Topliss-reactive ketones (excluding diaryl/α,β-unsaturated/α-hetero) is 2. The topological polar surface area (TPSA) is 71.4 Å². The van der Waals surface area contributed by atoms with E-state index < -0.39 is 23.3 Å². The number of phenols is 1. The maximum absolute atomic E-state index is 12.2. The summed E-state index contributed by atoms with van der Waals surface area (Å²) in [5, 5.41) is 9.64. The van der Waals surface area contributed by atoms with E-state index >= 15 is 0 Å². The highest BCUT2D eigenvalue weighted by Crippen LogP contribution is 2.28. The average Bonchev–Trinajstić information content (AvgIpc) is 2.78. The van der Waals surface area contributed by atoms with E-state index in [9.17, 15) is 19.5 Å². The molecule has 0 spiro atoms. The van der Waals surface area contributed by atoms with Crippen molar-refractivity contribution in [2.24, 2.45) is 5.92 Å². The Labute approximate surface area is 126 Å². The predicted molar refractivity (Wildman–Crippen MR) is 80.7 cm³/mol. The molecule has 3 rings (SSSR count). The first-order valence-electron chi connectivity index (χ1n) is 6.77. The standard InChI is InChI=1S/C18H12O4/c19-14-8-4-1-5-11(14)9-10-15(20)16-17(21)12-6-2-3-7-13(12)18(16)22/h1-10,16,19H/b10-9+. The summed E-state index contributed by atoms with van der Waals surface area (Å²) in [6, 6.07) is 12.9. The molecule has 22 heavy (non-hydrogen) atoms. The lowest BCUT2D eigenvalue weighted by molar-refractivity contribution is -0.115. The van der Waals surface area contributed by atoms with E-state index in [1.165, 1.54) is 18.2 Å². The monoisotopic (exact) mass is 292 g/mol. The lowest BCUT2D eigenvalue weighted by Gasteiger charge is -2.02. The Bertz CT molecular complexity index is 782. The van der Waals surface area contributed by atoms with Crippen molar-refractivity contribution in [3.8, 4) is 5.75 Å². The highest BCUT2D eigenvalue weighted by Gasteiger charge is 2.41. The van der Waals surface area contributed by atoms with Gasteiger partial charge in [0.1, 0.15) is 11.7 Å². The van der Waals surface area contributed by atoms with Crippen LogP contribution in [-0.2, 0) is 4.79 Å². The molecule has 1 aliphatic rings. The van der Waals surface area contributed by atoms with Gasteiger partial charge in [0.2, 0.25) is 0 Å². The van der Waals surface area contributed by atoms with Gasteiger partial charge < -0.3 is 5.11 Å². The zero-order chi connectivity index (χ0) is 15.7. The SMILES string of the molecule is O=C(/C=C/c1ccccc1O)C1C(=O)c2ccccc2C1=O. The average molecular weight is 292 g/mol. The first kappa shape index (κ1) is 13.9. The van der Waals surface area contributed by atoms with Gasteiger partial charge in [-0.1, -0.05) is 42.5 Å². The van der Waals surface area contributed by atoms with Crippen molar-refractivity contribution < 1.29 is 19.5 Å². The number of carbonyl (C=O) groups is 3. The number of benzene rings is 2. The van der Waals surface area contributed by atoms with E-state index in [-0.39, 0.29) is 5.75 Å². The molecule has 0 aliphatic heterocycles. The van der Waals surface area contributed by atoms with E-state index in [1.807, 2.05) is 0 Å². The minimum Gasteiger partial charge on any atom is -0.507 e. The number of para-hydroxylation sites is 1. The highest BCUT2D eigenvalue weighted by molar-refractivity contribution is 6.37. The Kier molecular flexibility index (Phi) is 3.43. The molecule has 0 aromatic heterocycles. The molecule has 0 saturated heterocycles. The third-order valence-corrected chi connectivity index (χ3v) is 3.63. The predicted octanol–water partition coefficient (Wildman–Crippen LogP) is 2.67. The van der Waals surface area contributed by atoms with E-state index in [4.69, 9.17) is 0 Å². The number of hydrogen-bond donors (Lipinski definition) is 1. The molecule has 0 heterocycles. The molecule has 108 valence electrons.